The Hall–Kier alpha value is -2.11. The average Bonchev–Trinajstić information content (AvgIpc) is 3.27. The number of urea groups is 1. The minimum atomic E-state index is -1.03. The molecule has 2 amide bonds. The third kappa shape index (κ3) is 3.51. The van der Waals surface area contributed by atoms with E-state index in [4.69, 9.17) is 5.11 Å². The Bertz CT molecular complexity index is 545. The molecule has 1 aromatic rings. The third-order valence-electron chi connectivity index (χ3n) is 3.90. The van der Waals surface area contributed by atoms with Crippen molar-refractivity contribution in [1.82, 2.24) is 10.2 Å². The lowest BCUT2D eigenvalue weighted by atomic mass is 10.1. The summed E-state index contributed by atoms with van der Waals surface area (Å²) in [6.07, 6.45) is 1.62. The standard InChI is InChI=1S/C15H19FN2O3/c1-9(11-5-3-4-6-12(11)16)18(2)15(21)17-13(14(19)20)10-7-8-10/h3-6,9-10,13H,7-8H2,1-2H3,(H,17,21)(H,19,20). The zero-order chi connectivity index (χ0) is 15.6. The van der Waals surface area contributed by atoms with Crippen LogP contribution in [0.4, 0.5) is 9.18 Å². The normalized spacial score (nSPS) is 16.9. The molecule has 2 N–H and O–H groups in total. The molecule has 2 atom stereocenters. The average molecular weight is 294 g/mol. The zero-order valence-electron chi connectivity index (χ0n) is 12.0. The van der Waals surface area contributed by atoms with Gasteiger partial charge in [0, 0.05) is 12.6 Å². The highest BCUT2D eigenvalue weighted by Crippen LogP contribution is 2.33. The first kappa shape index (κ1) is 15.3. The van der Waals surface area contributed by atoms with Gasteiger partial charge in [0.2, 0.25) is 0 Å². The van der Waals surface area contributed by atoms with Crippen LogP contribution in [0.25, 0.3) is 0 Å². The topological polar surface area (TPSA) is 69.6 Å². The van der Waals surface area contributed by atoms with Gasteiger partial charge in [-0.05, 0) is 31.7 Å². The highest BCUT2D eigenvalue weighted by atomic mass is 19.1. The second-order valence-corrected chi connectivity index (χ2v) is 5.41. The van der Waals surface area contributed by atoms with E-state index >= 15 is 0 Å². The second-order valence-electron chi connectivity index (χ2n) is 5.41. The number of carbonyl (C=O) groups excluding carboxylic acids is 1. The summed E-state index contributed by atoms with van der Waals surface area (Å²) in [5.41, 5.74) is 0.397. The van der Waals surface area contributed by atoms with Crippen LogP contribution >= 0.6 is 0 Å². The maximum atomic E-state index is 13.7. The summed E-state index contributed by atoms with van der Waals surface area (Å²) in [5.74, 6) is -1.41. The van der Waals surface area contributed by atoms with Crippen LogP contribution in [0.3, 0.4) is 0 Å². The van der Waals surface area contributed by atoms with Crippen molar-refractivity contribution in [2.24, 2.45) is 5.92 Å². The number of nitrogens with one attached hydrogen (secondary N) is 1. The van der Waals surface area contributed by atoms with E-state index in [2.05, 4.69) is 5.32 Å². The highest BCUT2D eigenvalue weighted by Gasteiger charge is 2.38. The molecule has 1 aromatic carbocycles. The van der Waals surface area contributed by atoms with E-state index in [0.29, 0.717) is 5.56 Å². The molecule has 114 valence electrons. The molecule has 0 spiro atoms. The number of hydrogen-bond donors (Lipinski definition) is 2. The number of aliphatic carboxylic acids is 1. The number of nitrogens with zero attached hydrogens (tertiary/aromatic N) is 1. The summed E-state index contributed by atoms with van der Waals surface area (Å²) in [4.78, 5) is 24.6. The summed E-state index contributed by atoms with van der Waals surface area (Å²) in [5, 5.41) is 11.6. The van der Waals surface area contributed by atoms with E-state index in [1.165, 1.54) is 18.0 Å². The first-order valence-electron chi connectivity index (χ1n) is 6.92. The molecule has 5 nitrogen and oxygen atoms in total. The maximum Gasteiger partial charge on any atom is 0.326 e. The molecule has 1 saturated carbocycles. The molecular formula is C15H19FN2O3. The smallest absolute Gasteiger partial charge is 0.326 e. The van der Waals surface area contributed by atoms with Crippen molar-refractivity contribution in [2.75, 3.05) is 7.05 Å². The van der Waals surface area contributed by atoms with Crippen molar-refractivity contribution in [2.45, 2.75) is 31.8 Å². The molecule has 0 heterocycles. The first-order valence-corrected chi connectivity index (χ1v) is 6.92. The van der Waals surface area contributed by atoms with Gasteiger partial charge in [-0.3, -0.25) is 0 Å². The Kier molecular flexibility index (Phi) is 4.45. The Morgan fingerprint density at radius 2 is 2.00 bits per heavy atom. The van der Waals surface area contributed by atoms with Gasteiger partial charge in [0.05, 0.1) is 6.04 Å². The summed E-state index contributed by atoms with van der Waals surface area (Å²) in [6, 6.07) is 4.36. The minimum absolute atomic E-state index is 0.00335. The fourth-order valence-corrected chi connectivity index (χ4v) is 2.24. The SMILES string of the molecule is CC(c1ccccc1F)N(C)C(=O)NC(C(=O)O)C1CC1. The van der Waals surface area contributed by atoms with E-state index in [0.717, 1.165) is 12.8 Å². The first-order chi connectivity index (χ1) is 9.91. The van der Waals surface area contributed by atoms with Gasteiger partial charge < -0.3 is 15.3 Å². The Balaban J connectivity index is 2.04. The Labute approximate surface area is 122 Å². The van der Waals surface area contributed by atoms with Crippen LogP contribution in [0.15, 0.2) is 24.3 Å². The molecule has 6 heteroatoms. The number of carboxylic acids is 1. The van der Waals surface area contributed by atoms with Crippen molar-refractivity contribution >= 4 is 12.0 Å². The van der Waals surface area contributed by atoms with Gasteiger partial charge in [-0.25, -0.2) is 14.0 Å². The van der Waals surface area contributed by atoms with E-state index in [9.17, 15) is 14.0 Å². The second kappa shape index (κ2) is 6.11. The van der Waals surface area contributed by atoms with Gasteiger partial charge in [0.25, 0.3) is 0 Å². The zero-order valence-corrected chi connectivity index (χ0v) is 12.0. The number of amides is 2. The van der Waals surface area contributed by atoms with Crippen LogP contribution in [0.2, 0.25) is 0 Å². The number of carbonyl (C=O) groups is 2. The van der Waals surface area contributed by atoms with Gasteiger partial charge in [-0.2, -0.15) is 0 Å². The van der Waals surface area contributed by atoms with Gasteiger partial charge in [0.1, 0.15) is 11.9 Å². The Morgan fingerprint density at radius 1 is 1.38 bits per heavy atom. The molecule has 0 radical (unpaired) electrons. The fourth-order valence-electron chi connectivity index (χ4n) is 2.24. The Morgan fingerprint density at radius 3 is 2.52 bits per heavy atom. The van der Waals surface area contributed by atoms with Crippen molar-refractivity contribution in [3.63, 3.8) is 0 Å². The molecule has 21 heavy (non-hydrogen) atoms. The van der Waals surface area contributed by atoms with Crippen LogP contribution < -0.4 is 5.32 Å². The van der Waals surface area contributed by atoms with E-state index in [1.54, 1.807) is 25.1 Å². The lowest BCUT2D eigenvalue weighted by Gasteiger charge is -2.27. The van der Waals surface area contributed by atoms with Gasteiger partial charge >= 0.3 is 12.0 Å². The van der Waals surface area contributed by atoms with E-state index in [-0.39, 0.29) is 11.7 Å². The number of benzene rings is 1. The fraction of sp³-hybridized carbons (Fsp3) is 0.467. The van der Waals surface area contributed by atoms with E-state index in [1.807, 2.05) is 0 Å². The molecule has 1 aliphatic carbocycles. The van der Waals surface area contributed by atoms with Crippen LogP contribution in [-0.4, -0.2) is 35.1 Å². The van der Waals surface area contributed by atoms with Crippen LogP contribution in [0, 0.1) is 11.7 Å². The van der Waals surface area contributed by atoms with Gasteiger partial charge in [-0.1, -0.05) is 18.2 Å². The summed E-state index contributed by atoms with van der Waals surface area (Å²) >= 11 is 0. The van der Waals surface area contributed by atoms with Crippen molar-refractivity contribution in [3.8, 4) is 0 Å². The van der Waals surface area contributed by atoms with Gasteiger partial charge in [0.15, 0.2) is 0 Å². The molecule has 0 saturated heterocycles. The summed E-state index contributed by atoms with van der Waals surface area (Å²) in [6.45, 7) is 1.70. The summed E-state index contributed by atoms with van der Waals surface area (Å²) < 4.78 is 13.7. The van der Waals surface area contributed by atoms with Crippen LogP contribution in [0.5, 0.6) is 0 Å². The largest absolute Gasteiger partial charge is 0.480 e. The van der Waals surface area contributed by atoms with Gasteiger partial charge in [-0.15, -0.1) is 0 Å². The third-order valence-corrected chi connectivity index (χ3v) is 3.90. The van der Waals surface area contributed by atoms with Crippen LogP contribution in [-0.2, 0) is 4.79 Å². The summed E-state index contributed by atoms with van der Waals surface area (Å²) in [7, 11) is 1.53. The molecular weight excluding hydrogens is 275 g/mol. The molecule has 1 aliphatic rings. The molecule has 0 aromatic heterocycles. The van der Waals surface area contributed by atoms with Crippen molar-refractivity contribution < 1.29 is 19.1 Å². The highest BCUT2D eigenvalue weighted by molar-refractivity contribution is 5.83. The number of carboxylic acid groups (broad SMARTS) is 1. The predicted octanol–water partition coefficient (Wildman–Crippen LogP) is 2.39. The van der Waals surface area contributed by atoms with E-state index < -0.39 is 24.1 Å². The number of hydrogen-bond acceptors (Lipinski definition) is 2. The molecule has 2 unspecified atom stereocenters. The predicted molar refractivity (Wildman–Crippen MR) is 75.3 cm³/mol. The molecule has 2 rings (SSSR count). The quantitative estimate of drug-likeness (QED) is 0.876. The van der Waals surface area contributed by atoms with Crippen molar-refractivity contribution in [1.29, 1.82) is 0 Å². The monoisotopic (exact) mass is 294 g/mol. The van der Waals surface area contributed by atoms with Crippen LogP contribution in [0.1, 0.15) is 31.4 Å². The lowest BCUT2D eigenvalue weighted by Crippen LogP contribution is -2.48. The number of rotatable bonds is 5. The number of halogens is 1. The molecule has 1 fully saturated rings. The minimum Gasteiger partial charge on any atom is -0.480 e. The van der Waals surface area contributed by atoms with Crippen molar-refractivity contribution in [3.05, 3.63) is 35.6 Å². The molecule has 0 bridgehead atoms. The lowest BCUT2D eigenvalue weighted by molar-refractivity contribution is -0.139. The maximum absolute atomic E-state index is 13.7. The molecule has 0 aliphatic heterocycles.